The van der Waals surface area contributed by atoms with Crippen molar-refractivity contribution in [3.05, 3.63) is 97.3 Å². The number of amides is 2. The van der Waals surface area contributed by atoms with Gasteiger partial charge in [0.15, 0.2) is 22.4 Å². The van der Waals surface area contributed by atoms with E-state index in [4.69, 9.17) is 23.7 Å². The summed E-state index contributed by atoms with van der Waals surface area (Å²) in [4.78, 5) is 50.4. The molecule has 0 saturated heterocycles. The first-order valence-electron chi connectivity index (χ1n) is 19.5. The van der Waals surface area contributed by atoms with Crippen molar-refractivity contribution in [2.24, 2.45) is 0 Å². The van der Waals surface area contributed by atoms with Crippen LogP contribution < -0.4 is 96.6 Å². The molecular formula is C46H55IKN2O10S2-. The normalized spacial score (nSPS) is 14.0. The number of hydrogen-bond donors (Lipinski definition) is 2. The van der Waals surface area contributed by atoms with Gasteiger partial charge in [-0.05, 0) is 101 Å². The molecule has 2 atom stereocenters. The van der Waals surface area contributed by atoms with Gasteiger partial charge in [-0.15, -0.1) is 35.2 Å². The molecule has 0 aliphatic heterocycles. The number of halogens is 1. The molecule has 0 spiro atoms. The number of aryl methyl sites for hydroxylation is 2. The second-order valence-electron chi connectivity index (χ2n) is 13.6. The Bertz CT molecular complexity index is 2320. The molecule has 16 heteroatoms. The number of benzene rings is 2. The van der Waals surface area contributed by atoms with Crippen molar-refractivity contribution in [2.45, 2.75) is 75.3 Å². The van der Waals surface area contributed by atoms with Crippen molar-refractivity contribution in [1.29, 1.82) is 0 Å². The zero-order valence-electron chi connectivity index (χ0n) is 37.3. The van der Waals surface area contributed by atoms with E-state index in [1.54, 1.807) is 40.6 Å². The van der Waals surface area contributed by atoms with Crippen LogP contribution in [0.4, 0.5) is 0 Å². The predicted molar refractivity (Wildman–Crippen MR) is 252 cm³/mol. The van der Waals surface area contributed by atoms with E-state index in [0.29, 0.717) is 64.4 Å². The van der Waals surface area contributed by atoms with E-state index < -0.39 is 0 Å². The Labute approximate surface area is 429 Å². The molecule has 0 radical (unpaired) electrons. The maximum Gasteiger partial charge on any atom is 1.00 e. The summed E-state index contributed by atoms with van der Waals surface area (Å²) < 4.78 is 29.5. The summed E-state index contributed by atoms with van der Waals surface area (Å²) in [5, 5.41) is 6.00. The molecule has 2 aliphatic carbocycles. The summed E-state index contributed by atoms with van der Waals surface area (Å²) in [6.45, 7) is 7.50. The Kier molecular flexibility index (Phi) is 24.0. The second kappa shape index (κ2) is 26.8. The van der Waals surface area contributed by atoms with Crippen LogP contribution in [0.25, 0.3) is 22.3 Å². The van der Waals surface area contributed by atoms with Gasteiger partial charge in [0.25, 0.3) is 0 Å². The third kappa shape index (κ3) is 13.1. The number of ether oxygens (including phenoxy) is 5. The largest absolute Gasteiger partial charge is 1.00 e. The zero-order chi connectivity index (χ0) is 44.1. The smallest absolute Gasteiger partial charge is 0.870 e. The minimum absolute atomic E-state index is 0. The third-order valence-electron chi connectivity index (χ3n) is 9.90. The van der Waals surface area contributed by atoms with Crippen LogP contribution in [0.2, 0.25) is 0 Å². The van der Waals surface area contributed by atoms with Gasteiger partial charge in [0, 0.05) is 25.2 Å². The van der Waals surface area contributed by atoms with Gasteiger partial charge in [-0.3, -0.25) is 19.2 Å². The van der Waals surface area contributed by atoms with Gasteiger partial charge in [0.2, 0.25) is 17.6 Å². The Morgan fingerprint density at radius 2 is 1.18 bits per heavy atom. The van der Waals surface area contributed by atoms with Crippen LogP contribution in [-0.2, 0) is 22.4 Å². The SMILES string of the molecule is CCI.CCOc1cc2c(c(OC)c1OC)-c1ccc(SC)c(=O)cc1[C@@H](NC(C)=O)CC2.COc1[c-]cc2c(c1OC)-c1ccc(SC)c(=O)cc1[C@@H](NC(C)=O)CC2.[K+].[OH-]. The van der Waals surface area contributed by atoms with Gasteiger partial charge in [0.05, 0.1) is 62.7 Å². The number of thioether (sulfide) groups is 2. The molecule has 330 valence electrons. The summed E-state index contributed by atoms with van der Waals surface area (Å²) in [6, 6.07) is 17.3. The van der Waals surface area contributed by atoms with Crippen molar-refractivity contribution >= 4 is 57.9 Å². The molecule has 2 aliphatic rings. The first-order chi connectivity index (χ1) is 28.9. The fourth-order valence-corrected chi connectivity index (χ4v) is 8.45. The quantitative estimate of drug-likeness (QED) is 0.0663. The molecule has 0 unspecified atom stereocenters. The van der Waals surface area contributed by atoms with E-state index in [9.17, 15) is 19.2 Å². The topological polar surface area (TPSA) is 168 Å². The van der Waals surface area contributed by atoms with Crippen LogP contribution in [-0.4, -0.2) is 69.3 Å². The van der Waals surface area contributed by atoms with E-state index >= 15 is 0 Å². The monoisotopic (exact) mass is 1030 g/mol. The molecule has 2 amide bonds. The minimum Gasteiger partial charge on any atom is -0.870 e. The first kappa shape index (κ1) is 55.3. The van der Waals surface area contributed by atoms with Crippen molar-refractivity contribution in [3.63, 3.8) is 0 Å². The molecule has 3 N–H and O–H groups in total. The summed E-state index contributed by atoms with van der Waals surface area (Å²) >= 11 is 5.09. The molecule has 0 aromatic heterocycles. The molecule has 12 nitrogen and oxygen atoms in total. The number of methoxy groups -OCH3 is 4. The van der Waals surface area contributed by atoms with Gasteiger partial charge in [-0.2, -0.15) is 6.07 Å². The fourth-order valence-electron chi connectivity index (χ4n) is 7.52. The number of fused-ring (bicyclic) bond motifs is 6. The van der Waals surface area contributed by atoms with Crippen molar-refractivity contribution in [2.75, 3.05) is 52.0 Å². The molecule has 0 fully saturated rings. The van der Waals surface area contributed by atoms with Crippen LogP contribution in [0.3, 0.4) is 0 Å². The Morgan fingerprint density at radius 3 is 1.58 bits per heavy atom. The average molecular weight is 1030 g/mol. The van der Waals surface area contributed by atoms with Crippen molar-refractivity contribution < 1.29 is 90.1 Å². The van der Waals surface area contributed by atoms with Gasteiger partial charge in [0.1, 0.15) is 0 Å². The predicted octanol–water partition coefficient (Wildman–Crippen LogP) is 5.62. The van der Waals surface area contributed by atoms with Gasteiger partial charge in [-0.1, -0.05) is 53.6 Å². The van der Waals surface area contributed by atoms with Crippen molar-refractivity contribution in [1.82, 2.24) is 10.6 Å². The number of nitrogens with one attached hydrogen (secondary N) is 2. The van der Waals surface area contributed by atoms with E-state index in [1.165, 1.54) is 41.8 Å². The number of carbonyl (C=O) groups is 2. The van der Waals surface area contributed by atoms with Crippen LogP contribution >= 0.6 is 46.1 Å². The summed E-state index contributed by atoms with van der Waals surface area (Å²) in [6.07, 6.45) is 6.49. The Morgan fingerprint density at radius 1 is 0.726 bits per heavy atom. The van der Waals surface area contributed by atoms with Crippen molar-refractivity contribution in [3.8, 4) is 51.0 Å². The number of carbonyl (C=O) groups excluding carboxylic acids is 2. The zero-order valence-corrected chi connectivity index (χ0v) is 44.2. The van der Waals surface area contributed by atoms with E-state index in [1.807, 2.05) is 55.8 Å². The Balaban J connectivity index is 0.000000391. The molecule has 4 aromatic carbocycles. The second-order valence-corrected chi connectivity index (χ2v) is 16.8. The number of hydrogen-bond acceptors (Lipinski definition) is 12. The summed E-state index contributed by atoms with van der Waals surface area (Å²) in [5.74, 6) is 2.53. The minimum atomic E-state index is -0.286. The molecular weight excluding hydrogens is 971 g/mol. The fraction of sp³-hybridized carbons (Fsp3) is 0.391. The molecule has 0 heterocycles. The van der Waals surface area contributed by atoms with Crippen LogP contribution in [0.5, 0.6) is 28.7 Å². The molecule has 4 aromatic rings. The van der Waals surface area contributed by atoms with Crippen LogP contribution in [0.1, 0.15) is 74.9 Å². The molecule has 62 heavy (non-hydrogen) atoms. The van der Waals surface area contributed by atoms with Crippen LogP contribution in [0.15, 0.2) is 67.9 Å². The van der Waals surface area contributed by atoms with Gasteiger partial charge in [-0.25, -0.2) is 0 Å². The van der Waals surface area contributed by atoms with Gasteiger partial charge < -0.3 is 39.8 Å². The molecule has 6 rings (SSSR count). The van der Waals surface area contributed by atoms with Crippen LogP contribution in [0, 0.1) is 6.07 Å². The maximum atomic E-state index is 12.8. The molecule has 0 bridgehead atoms. The first-order valence-corrected chi connectivity index (χ1v) is 23.4. The molecule has 0 saturated carbocycles. The van der Waals surface area contributed by atoms with Gasteiger partial charge >= 0.3 is 51.4 Å². The maximum absolute atomic E-state index is 12.8. The summed E-state index contributed by atoms with van der Waals surface area (Å²) in [5.41, 5.74) is 6.97. The number of rotatable bonds is 10. The van der Waals surface area contributed by atoms with E-state index in [2.05, 4.69) is 46.2 Å². The standard InChI is InChI=1S/C23H27NO5S.C21H22NO4S.C2H5I.K.H2O/c1-6-29-19-11-14-7-9-17(24-13(2)25)16-12-18(26)20(30-5)10-8-15(16)21(14)23(28-4)22(19)27-3;1-12(23)22-16-8-5-13-6-9-18(25-2)21(26-3)20(13)14-7-10-19(27-4)17(24)11-15(14)16;1-2-3;;/h8,10-12,17H,6-7,9H2,1-5H3,(H,24,25);6-7,10-11,16H,5,8H2,1-4H3,(H,22,23);2H2,1H3;;1H2/q;-1;;+1;/p-1/t17-;16-;;;/m00.../s1. The summed E-state index contributed by atoms with van der Waals surface area (Å²) in [7, 11) is 6.35. The Hall–Kier alpha value is -2.81. The average Bonchev–Trinajstić information content (AvgIpc) is 3.62. The van der Waals surface area contributed by atoms with E-state index in [0.717, 1.165) is 50.9 Å². The number of alkyl halides is 1. The third-order valence-corrected chi connectivity index (χ3v) is 11.5. The van der Waals surface area contributed by atoms with E-state index in [-0.39, 0.29) is 91.6 Å².